The third-order valence-corrected chi connectivity index (χ3v) is 4.61. The van der Waals surface area contributed by atoms with E-state index >= 15 is 0 Å². The average Bonchev–Trinajstić information content (AvgIpc) is 3.23. The van der Waals surface area contributed by atoms with E-state index in [2.05, 4.69) is 46.2 Å². The van der Waals surface area contributed by atoms with Gasteiger partial charge in [0, 0.05) is 26.2 Å². The Bertz CT molecular complexity index is 709. The minimum Gasteiger partial charge on any atom is -0.373 e. The van der Waals surface area contributed by atoms with Crippen LogP contribution in [-0.2, 0) is 11.3 Å². The number of fused-ring (bicyclic) bond motifs is 1. The van der Waals surface area contributed by atoms with E-state index in [0.29, 0.717) is 6.54 Å². The molecule has 1 atom stereocenters. The molecule has 7 heteroatoms. The van der Waals surface area contributed by atoms with Crippen LogP contribution < -0.4 is 10.6 Å². The molecule has 144 valence electrons. The summed E-state index contributed by atoms with van der Waals surface area (Å²) in [6.45, 7) is 8.46. The number of hydrogen-bond acceptors (Lipinski definition) is 3. The Morgan fingerprint density at radius 1 is 1.35 bits per heavy atom. The molecule has 3 rings (SSSR count). The number of nitrogens with one attached hydrogen (secondary N) is 2. The van der Waals surface area contributed by atoms with Crippen molar-refractivity contribution in [3.05, 3.63) is 30.6 Å². The first kappa shape index (κ1) is 21.0. The van der Waals surface area contributed by atoms with Gasteiger partial charge in [-0.15, -0.1) is 24.0 Å². The summed E-state index contributed by atoms with van der Waals surface area (Å²) in [5, 5.41) is 6.73. The van der Waals surface area contributed by atoms with Crippen LogP contribution in [0.4, 0.5) is 0 Å². The Morgan fingerprint density at radius 2 is 2.19 bits per heavy atom. The highest BCUT2D eigenvalue weighted by atomic mass is 127. The zero-order valence-electron chi connectivity index (χ0n) is 15.7. The molecule has 1 aromatic heterocycles. The van der Waals surface area contributed by atoms with E-state index in [-0.39, 0.29) is 29.6 Å². The number of rotatable bonds is 7. The number of imidazole rings is 1. The molecule has 0 radical (unpaired) electrons. The fourth-order valence-corrected chi connectivity index (χ4v) is 3.19. The number of aromatic nitrogens is 2. The summed E-state index contributed by atoms with van der Waals surface area (Å²) in [6.07, 6.45) is 5.15. The number of ether oxygens (including phenoxy) is 1. The quantitative estimate of drug-likeness (QED) is 0.282. The molecule has 6 nitrogen and oxygen atoms in total. The molecule has 0 spiro atoms. The molecular formula is C19H30IN5O. The lowest BCUT2D eigenvalue weighted by atomic mass is 10.0. The van der Waals surface area contributed by atoms with Gasteiger partial charge in [-0.25, -0.2) is 4.98 Å². The molecule has 1 saturated heterocycles. The smallest absolute Gasteiger partial charge is 0.191 e. The van der Waals surface area contributed by atoms with Gasteiger partial charge in [0.25, 0.3) is 0 Å². The lowest BCUT2D eigenvalue weighted by Crippen LogP contribution is -2.39. The molecule has 2 heterocycles. The summed E-state index contributed by atoms with van der Waals surface area (Å²) < 4.78 is 8.01. The molecule has 0 saturated carbocycles. The van der Waals surface area contributed by atoms with Crippen molar-refractivity contribution in [3.8, 4) is 0 Å². The number of hydrogen-bond donors (Lipinski definition) is 2. The van der Waals surface area contributed by atoms with Gasteiger partial charge in [-0.3, -0.25) is 4.99 Å². The Labute approximate surface area is 172 Å². The summed E-state index contributed by atoms with van der Waals surface area (Å²) in [6, 6.07) is 8.24. The van der Waals surface area contributed by atoms with Gasteiger partial charge in [-0.2, -0.15) is 0 Å². The van der Waals surface area contributed by atoms with E-state index in [1.807, 2.05) is 18.5 Å². The molecule has 1 unspecified atom stereocenters. The highest BCUT2D eigenvalue weighted by Crippen LogP contribution is 2.24. The van der Waals surface area contributed by atoms with E-state index in [1.165, 1.54) is 5.52 Å². The van der Waals surface area contributed by atoms with Crippen LogP contribution in [0.3, 0.4) is 0 Å². The van der Waals surface area contributed by atoms with Crippen LogP contribution in [0.2, 0.25) is 0 Å². The average molecular weight is 471 g/mol. The molecule has 0 bridgehead atoms. The number of nitrogens with zero attached hydrogens (tertiary/aromatic N) is 3. The van der Waals surface area contributed by atoms with Gasteiger partial charge in [0.1, 0.15) is 0 Å². The Balaban J connectivity index is 0.00000243. The van der Waals surface area contributed by atoms with Crippen LogP contribution >= 0.6 is 24.0 Å². The van der Waals surface area contributed by atoms with Crippen molar-refractivity contribution in [1.29, 1.82) is 0 Å². The summed E-state index contributed by atoms with van der Waals surface area (Å²) >= 11 is 0. The second kappa shape index (κ2) is 10.1. The largest absolute Gasteiger partial charge is 0.373 e. The number of guanidine groups is 1. The number of aryl methyl sites for hydroxylation is 1. The highest BCUT2D eigenvalue weighted by Gasteiger charge is 2.29. The monoisotopic (exact) mass is 471 g/mol. The molecule has 1 aliphatic heterocycles. The predicted molar refractivity (Wildman–Crippen MR) is 117 cm³/mol. The van der Waals surface area contributed by atoms with E-state index in [9.17, 15) is 0 Å². The molecular weight excluding hydrogens is 441 g/mol. The van der Waals surface area contributed by atoms with Crippen LogP contribution in [0.1, 0.15) is 33.1 Å². The number of benzene rings is 1. The molecule has 1 aromatic carbocycles. The second-order valence-electron chi connectivity index (χ2n) is 6.80. The minimum absolute atomic E-state index is 0. The minimum atomic E-state index is -0.0991. The van der Waals surface area contributed by atoms with E-state index in [1.54, 1.807) is 0 Å². The van der Waals surface area contributed by atoms with Crippen LogP contribution in [0, 0.1) is 0 Å². The third kappa shape index (κ3) is 5.57. The Hall–Kier alpha value is -1.35. The van der Waals surface area contributed by atoms with Crippen LogP contribution in [0.15, 0.2) is 35.6 Å². The van der Waals surface area contributed by atoms with Gasteiger partial charge in [0.05, 0.1) is 29.5 Å². The molecule has 0 aliphatic carbocycles. The Kier molecular flexibility index (Phi) is 8.15. The van der Waals surface area contributed by atoms with Crippen molar-refractivity contribution < 1.29 is 4.74 Å². The number of para-hydroxylation sites is 2. The van der Waals surface area contributed by atoms with Gasteiger partial charge in [0.2, 0.25) is 0 Å². The summed E-state index contributed by atoms with van der Waals surface area (Å²) in [7, 11) is 0. The second-order valence-corrected chi connectivity index (χ2v) is 6.80. The molecule has 0 amide bonds. The van der Waals surface area contributed by atoms with Crippen molar-refractivity contribution in [3.63, 3.8) is 0 Å². The van der Waals surface area contributed by atoms with E-state index in [4.69, 9.17) is 9.73 Å². The van der Waals surface area contributed by atoms with Crippen molar-refractivity contribution in [2.24, 2.45) is 4.99 Å². The summed E-state index contributed by atoms with van der Waals surface area (Å²) in [5.74, 6) is 0.870. The normalized spacial score (nSPS) is 20.2. The molecule has 1 aliphatic rings. The SMILES string of the molecule is CCNC(=NCC1(C)CCCO1)NCCCn1cnc2ccccc21.I. The van der Waals surface area contributed by atoms with Gasteiger partial charge >= 0.3 is 0 Å². The lowest BCUT2D eigenvalue weighted by molar-refractivity contribution is 0.0283. The first-order valence-electron chi connectivity index (χ1n) is 9.26. The fraction of sp³-hybridized carbons (Fsp3) is 0.579. The maximum absolute atomic E-state index is 5.81. The fourth-order valence-electron chi connectivity index (χ4n) is 3.19. The first-order valence-corrected chi connectivity index (χ1v) is 9.26. The number of aliphatic imine (C=N–C) groups is 1. The summed E-state index contributed by atoms with van der Waals surface area (Å²) in [5.41, 5.74) is 2.14. The third-order valence-electron chi connectivity index (χ3n) is 4.61. The first-order chi connectivity index (χ1) is 12.2. The zero-order valence-corrected chi connectivity index (χ0v) is 18.0. The zero-order chi connectivity index (χ0) is 17.5. The van der Waals surface area contributed by atoms with Gasteiger partial charge < -0.3 is 19.9 Å². The van der Waals surface area contributed by atoms with Crippen molar-refractivity contribution in [2.45, 2.75) is 45.3 Å². The molecule has 1 fully saturated rings. The van der Waals surface area contributed by atoms with Crippen LogP contribution in [0.25, 0.3) is 11.0 Å². The van der Waals surface area contributed by atoms with Crippen LogP contribution in [-0.4, -0.2) is 47.4 Å². The van der Waals surface area contributed by atoms with Crippen molar-refractivity contribution >= 4 is 41.0 Å². The topological polar surface area (TPSA) is 63.5 Å². The van der Waals surface area contributed by atoms with Gasteiger partial charge in [-0.1, -0.05) is 12.1 Å². The van der Waals surface area contributed by atoms with Crippen LogP contribution in [0.5, 0.6) is 0 Å². The van der Waals surface area contributed by atoms with E-state index < -0.39 is 0 Å². The summed E-state index contributed by atoms with van der Waals surface area (Å²) in [4.78, 5) is 9.14. The predicted octanol–water partition coefficient (Wildman–Crippen LogP) is 3.17. The standard InChI is InChI=1S/C19H29N5O.HI/c1-3-20-18(22-14-19(2)10-6-13-25-19)21-11-7-12-24-15-23-16-8-4-5-9-17(16)24;/h4-5,8-9,15H,3,6-7,10-14H2,1-2H3,(H2,20,21,22);1H. The van der Waals surface area contributed by atoms with Crippen molar-refractivity contribution in [1.82, 2.24) is 20.2 Å². The maximum atomic E-state index is 5.81. The van der Waals surface area contributed by atoms with Crippen molar-refractivity contribution in [2.75, 3.05) is 26.2 Å². The number of halogens is 1. The van der Waals surface area contributed by atoms with E-state index in [0.717, 1.165) is 57.0 Å². The molecule has 2 aromatic rings. The Morgan fingerprint density at radius 3 is 2.96 bits per heavy atom. The molecule has 2 N–H and O–H groups in total. The highest BCUT2D eigenvalue weighted by molar-refractivity contribution is 14.0. The maximum Gasteiger partial charge on any atom is 0.191 e. The lowest BCUT2D eigenvalue weighted by Gasteiger charge is -2.21. The van der Waals surface area contributed by atoms with Gasteiger partial charge in [-0.05, 0) is 45.2 Å². The van der Waals surface area contributed by atoms with Gasteiger partial charge in [0.15, 0.2) is 5.96 Å². The molecule has 26 heavy (non-hydrogen) atoms.